The molecule has 4 heteroatoms. The van der Waals surface area contributed by atoms with Gasteiger partial charge in [0.25, 0.3) is 0 Å². The van der Waals surface area contributed by atoms with E-state index < -0.39 is 0 Å². The predicted octanol–water partition coefficient (Wildman–Crippen LogP) is 5.54. The maximum absolute atomic E-state index is 13.2. The molecule has 2 aromatic carbocycles. The molecule has 20 heavy (non-hydrogen) atoms. The first-order valence-electron chi connectivity index (χ1n) is 6.44. The zero-order chi connectivity index (χ0) is 14.7. The first-order valence-corrected chi connectivity index (χ1v) is 7.19. The first kappa shape index (κ1) is 15.3. The second-order valence-corrected chi connectivity index (χ2v) is 5.67. The molecule has 0 fully saturated rings. The molecule has 0 aromatic heterocycles. The summed E-state index contributed by atoms with van der Waals surface area (Å²) in [7, 11) is 0. The molecular formula is C16H16Cl2FN. The summed E-state index contributed by atoms with van der Waals surface area (Å²) >= 11 is 12.2. The lowest BCUT2D eigenvalue weighted by molar-refractivity contribution is 0.492. The molecule has 0 radical (unpaired) electrons. The van der Waals surface area contributed by atoms with E-state index in [1.54, 1.807) is 18.2 Å². The lowest BCUT2D eigenvalue weighted by atomic mass is 10.0. The summed E-state index contributed by atoms with van der Waals surface area (Å²) in [4.78, 5) is 0. The molecule has 0 spiro atoms. The number of rotatable bonds is 4. The lowest BCUT2D eigenvalue weighted by Gasteiger charge is -2.22. The van der Waals surface area contributed by atoms with Crippen molar-refractivity contribution in [3.8, 4) is 0 Å². The summed E-state index contributed by atoms with van der Waals surface area (Å²) in [6.07, 6.45) is 0. The maximum Gasteiger partial charge on any atom is 0.123 e. The van der Waals surface area contributed by atoms with Gasteiger partial charge in [0.05, 0.1) is 0 Å². The Hall–Kier alpha value is -1.09. The molecule has 0 saturated heterocycles. The second kappa shape index (κ2) is 6.57. The molecule has 106 valence electrons. The molecule has 0 amide bonds. The van der Waals surface area contributed by atoms with Gasteiger partial charge >= 0.3 is 0 Å². The van der Waals surface area contributed by atoms with Crippen molar-refractivity contribution < 1.29 is 4.39 Å². The van der Waals surface area contributed by atoms with Crippen molar-refractivity contribution >= 4 is 23.2 Å². The van der Waals surface area contributed by atoms with Crippen LogP contribution in [0.3, 0.4) is 0 Å². The smallest absolute Gasteiger partial charge is 0.123 e. The highest BCUT2D eigenvalue weighted by Gasteiger charge is 2.14. The van der Waals surface area contributed by atoms with Gasteiger partial charge in [0, 0.05) is 22.1 Å². The van der Waals surface area contributed by atoms with Gasteiger partial charge in [0.2, 0.25) is 0 Å². The van der Waals surface area contributed by atoms with Crippen molar-refractivity contribution in [2.75, 3.05) is 0 Å². The third-order valence-corrected chi connectivity index (χ3v) is 3.85. The molecule has 1 nitrogen and oxygen atoms in total. The van der Waals surface area contributed by atoms with Crippen LogP contribution in [0.4, 0.5) is 4.39 Å². The minimum Gasteiger partial charge on any atom is -0.304 e. The second-order valence-electron chi connectivity index (χ2n) is 4.83. The highest BCUT2D eigenvalue weighted by molar-refractivity contribution is 6.33. The summed E-state index contributed by atoms with van der Waals surface area (Å²) in [6, 6.07) is 12.0. The van der Waals surface area contributed by atoms with Gasteiger partial charge in [0.1, 0.15) is 5.82 Å². The van der Waals surface area contributed by atoms with Crippen LogP contribution in [0, 0.1) is 5.82 Å². The summed E-state index contributed by atoms with van der Waals surface area (Å²) < 4.78 is 13.2. The highest BCUT2D eigenvalue weighted by Crippen LogP contribution is 2.28. The first-order chi connectivity index (χ1) is 9.47. The molecule has 0 bridgehead atoms. The lowest BCUT2D eigenvalue weighted by Crippen LogP contribution is -2.22. The van der Waals surface area contributed by atoms with E-state index in [0.717, 1.165) is 11.1 Å². The van der Waals surface area contributed by atoms with Crippen LogP contribution in [0.1, 0.15) is 37.1 Å². The van der Waals surface area contributed by atoms with Gasteiger partial charge in [-0.25, -0.2) is 4.39 Å². The fourth-order valence-electron chi connectivity index (χ4n) is 2.18. The molecule has 2 rings (SSSR count). The Morgan fingerprint density at radius 1 is 1.00 bits per heavy atom. The van der Waals surface area contributed by atoms with Crippen molar-refractivity contribution in [3.05, 3.63) is 69.5 Å². The summed E-state index contributed by atoms with van der Waals surface area (Å²) in [5.74, 6) is -0.232. The normalized spacial score (nSPS) is 14.1. The van der Waals surface area contributed by atoms with Crippen molar-refractivity contribution in [3.63, 3.8) is 0 Å². The fourth-order valence-corrected chi connectivity index (χ4v) is 2.65. The van der Waals surface area contributed by atoms with Gasteiger partial charge in [-0.05, 0) is 55.3 Å². The van der Waals surface area contributed by atoms with E-state index >= 15 is 0 Å². The molecule has 1 N–H and O–H groups in total. The van der Waals surface area contributed by atoms with Crippen LogP contribution in [0.25, 0.3) is 0 Å². The Morgan fingerprint density at radius 3 is 2.45 bits per heavy atom. The van der Waals surface area contributed by atoms with Gasteiger partial charge in [0.15, 0.2) is 0 Å². The summed E-state index contributed by atoms with van der Waals surface area (Å²) in [5, 5.41) is 4.71. The van der Waals surface area contributed by atoms with Gasteiger partial charge in [-0.15, -0.1) is 0 Å². The van der Waals surface area contributed by atoms with Gasteiger partial charge in [-0.1, -0.05) is 35.3 Å². The molecule has 0 aliphatic rings. The van der Waals surface area contributed by atoms with Crippen LogP contribution < -0.4 is 5.32 Å². The Morgan fingerprint density at radius 2 is 1.75 bits per heavy atom. The van der Waals surface area contributed by atoms with E-state index in [1.807, 2.05) is 26.0 Å². The number of benzene rings is 2. The zero-order valence-electron chi connectivity index (χ0n) is 11.3. The zero-order valence-corrected chi connectivity index (χ0v) is 12.8. The average molecular weight is 312 g/mol. The number of hydrogen-bond donors (Lipinski definition) is 1. The molecule has 0 saturated carbocycles. The van der Waals surface area contributed by atoms with Gasteiger partial charge in [-0.2, -0.15) is 0 Å². The molecule has 0 aliphatic heterocycles. The minimum absolute atomic E-state index is 0.00995. The SMILES string of the molecule is CC(NC(C)c1cc(Cl)ccc1Cl)c1cccc(F)c1. The molecule has 2 aromatic rings. The van der Waals surface area contributed by atoms with E-state index in [2.05, 4.69) is 5.32 Å². The molecule has 0 heterocycles. The van der Waals surface area contributed by atoms with Gasteiger partial charge < -0.3 is 5.32 Å². The van der Waals surface area contributed by atoms with Crippen LogP contribution in [0.2, 0.25) is 10.0 Å². The highest BCUT2D eigenvalue weighted by atomic mass is 35.5. The number of halogens is 3. The molecular weight excluding hydrogens is 296 g/mol. The third-order valence-electron chi connectivity index (χ3n) is 3.27. The van der Waals surface area contributed by atoms with Crippen LogP contribution in [-0.4, -0.2) is 0 Å². The van der Waals surface area contributed by atoms with E-state index in [-0.39, 0.29) is 17.9 Å². The third kappa shape index (κ3) is 3.72. The van der Waals surface area contributed by atoms with Crippen molar-refractivity contribution in [1.29, 1.82) is 0 Å². The van der Waals surface area contributed by atoms with Crippen LogP contribution in [0.5, 0.6) is 0 Å². The summed E-state index contributed by atoms with van der Waals surface area (Å²) in [6.45, 7) is 4.00. The van der Waals surface area contributed by atoms with Crippen molar-refractivity contribution in [1.82, 2.24) is 5.32 Å². The average Bonchev–Trinajstić information content (AvgIpc) is 2.41. The topological polar surface area (TPSA) is 12.0 Å². The monoisotopic (exact) mass is 311 g/mol. The number of nitrogens with one attached hydrogen (secondary N) is 1. The number of hydrogen-bond acceptors (Lipinski definition) is 1. The van der Waals surface area contributed by atoms with E-state index in [0.29, 0.717) is 10.0 Å². The van der Waals surface area contributed by atoms with Crippen LogP contribution >= 0.6 is 23.2 Å². The summed E-state index contributed by atoms with van der Waals surface area (Å²) in [5.41, 5.74) is 1.83. The van der Waals surface area contributed by atoms with E-state index in [9.17, 15) is 4.39 Å². The molecule has 0 aliphatic carbocycles. The van der Waals surface area contributed by atoms with E-state index in [1.165, 1.54) is 12.1 Å². The minimum atomic E-state index is -0.232. The standard InChI is InChI=1S/C16H16Cl2FN/c1-10(12-4-3-5-14(19)8-12)20-11(2)15-9-13(17)6-7-16(15)18/h3-11,20H,1-2H3. The van der Waals surface area contributed by atoms with E-state index in [4.69, 9.17) is 23.2 Å². The van der Waals surface area contributed by atoms with Crippen LogP contribution in [-0.2, 0) is 0 Å². The Balaban J connectivity index is 2.15. The fraction of sp³-hybridized carbons (Fsp3) is 0.250. The molecule has 2 atom stereocenters. The van der Waals surface area contributed by atoms with Crippen molar-refractivity contribution in [2.45, 2.75) is 25.9 Å². The quantitative estimate of drug-likeness (QED) is 0.781. The largest absolute Gasteiger partial charge is 0.304 e. The van der Waals surface area contributed by atoms with Gasteiger partial charge in [-0.3, -0.25) is 0 Å². The Labute approximate surface area is 128 Å². The van der Waals surface area contributed by atoms with Crippen molar-refractivity contribution in [2.24, 2.45) is 0 Å². The predicted molar refractivity (Wildman–Crippen MR) is 82.8 cm³/mol. The Bertz CT molecular complexity index is 601. The maximum atomic E-state index is 13.2. The Kier molecular flexibility index (Phi) is 5.03. The van der Waals surface area contributed by atoms with Crippen LogP contribution in [0.15, 0.2) is 42.5 Å². The molecule has 2 unspecified atom stereocenters.